The van der Waals surface area contributed by atoms with Gasteiger partial charge in [-0.05, 0) is 38.8 Å². The normalized spacial score (nSPS) is 16.7. The molecule has 140 valence electrons. The third-order valence-corrected chi connectivity index (χ3v) is 4.83. The van der Waals surface area contributed by atoms with Crippen LogP contribution in [0.25, 0.3) is 0 Å². The molecule has 1 N–H and O–H groups in total. The van der Waals surface area contributed by atoms with E-state index in [9.17, 15) is 4.79 Å². The molecule has 1 amide bonds. The van der Waals surface area contributed by atoms with Gasteiger partial charge in [0.25, 0.3) is 5.91 Å². The Balaban J connectivity index is 1.70. The Morgan fingerprint density at radius 2 is 1.81 bits per heavy atom. The maximum absolute atomic E-state index is 12.3. The summed E-state index contributed by atoms with van der Waals surface area (Å²) in [4.78, 5) is 23.8. The first-order valence-corrected chi connectivity index (χ1v) is 9.24. The monoisotopic (exact) mass is 358 g/mol. The van der Waals surface area contributed by atoms with Gasteiger partial charge in [0, 0.05) is 30.5 Å². The topological polar surface area (TPSA) is 97.0 Å². The summed E-state index contributed by atoms with van der Waals surface area (Å²) in [5.74, 6) is 0.465. The van der Waals surface area contributed by atoms with Crippen molar-refractivity contribution in [1.29, 1.82) is 0 Å². The second kappa shape index (κ2) is 8.25. The van der Waals surface area contributed by atoms with Crippen LogP contribution in [0.3, 0.4) is 0 Å². The van der Waals surface area contributed by atoms with E-state index in [1.807, 2.05) is 20.0 Å². The minimum absolute atomic E-state index is 0.202. The van der Waals surface area contributed by atoms with Crippen molar-refractivity contribution in [3.05, 3.63) is 28.8 Å². The molecule has 1 aliphatic heterocycles. The molecule has 26 heavy (non-hydrogen) atoms. The molecule has 0 aliphatic carbocycles. The number of rotatable bonds is 4. The number of carbonyl (C=O) groups excluding carboxylic acids is 1. The number of hydrogen-bond donors (Lipinski definition) is 1. The Kier molecular flexibility index (Phi) is 5.80. The maximum Gasteiger partial charge on any atom is 0.275 e. The molecule has 2 aromatic heterocycles. The van der Waals surface area contributed by atoms with E-state index in [2.05, 4.69) is 30.1 Å². The van der Waals surface area contributed by atoms with Gasteiger partial charge in [-0.25, -0.2) is 14.6 Å². The highest BCUT2D eigenvalue weighted by molar-refractivity contribution is 5.93. The van der Waals surface area contributed by atoms with Crippen molar-refractivity contribution in [3.8, 4) is 0 Å². The largest absolute Gasteiger partial charge is 0.344 e. The van der Waals surface area contributed by atoms with E-state index in [-0.39, 0.29) is 17.6 Å². The van der Waals surface area contributed by atoms with E-state index >= 15 is 0 Å². The van der Waals surface area contributed by atoms with Crippen molar-refractivity contribution in [2.24, 2.45) is 0 Å². The lowest BCUT2D eigenvalue weighted by molar-refractivity contribution is 0.0929. The zero-order chi connectivity index (χ0) is 18.5. The number of nitrogens with one attached hydrogen (secondary N) is 1. The van der Waals surface area contributed by atoms with Crippen LogP contribution < -0.4 is 10.2 Å². The zero-order valence-electron chi connectivity index (χ0n) is 15.7. The average Bonchev–Trinajstić information content (AvgIpc) is 3.00. The van der Waals surface area contributed by atoms with Gasteiger partial charge in [0.05, 0.1) is 6.04 Å². The van der Waals surface area contributed by atoms with Crippen LogP contribution in [-0.2, 0) is 0 Å². The third kappa shape index (κ3) is 4.17. The molecule has 0 aromatic carbocycles. The molecule has 8 nitrogen and oxygen atoms in total. The van der Waals surface area contributed by atoms with Gasteiger partial charge in [0.2, 0.25) is 5.95 Å². The standard InChI is InChI=1S/C18H26N6O2/c1-12(20-17(25)16-14(3)22-26-23-16)15-11-19-18(21-13(15)2)24-9-7-5-4-6-8-10-24/h11-12H,4-10H2,1-3H3,(H,20,25). The van der Waals surface area contributed by atoms with Crippen molar-refractivity contribution in [3.63, 3.8) is 0 Å². The van der Waals surface area contributed by atoms with Crippen LogP contribution in [0.4, 0.5) is 5.95 Å². The highest BCUT2D eigenvalue weighted by Gasteiger charge is 2.20. The van der Waals surface area contributed by atoms with Gasteiger partial charge in [0.15, 0.2) is 5.69 Å². The quantitative estimate of drug-likeness (QED) is 0.897. The van der Waals surface area contributed by atoms with Crippen molar-refractivity contribution in [2.75, 3.05) is 18.0 Å². The first kappa shape index (κ1) is 18.3. The number of aromatic nitrogens is 4. The molecule has 1 saturated heterocycles. The molecule has 3 heterocycles. The summed E-state index contributed by atoms with van der Waals surface area (Å²) < 4.78 is 4.59. The first-order chi connectivity index (χ1) is 12.6. The summed E-state index contributed by atoms with van der Waals surface area (Å²) in [6, 6.07) is -0.236. The SMILES string of the molecule is Cc1nc(N2CCCCCCC2)ncc1C(C)NC(=O)c1nonc1C. The summed E-state index contributed by atoms with van der Waals surface area (Å²) in [5.41, 5.74) is 2.44. The van der Waals surface area contributed by atoms with E-state index in [1.54, 1.807) is 6.92 Å². The highest BCUT2D eigenvalue weighted by Crippen LogP contribution is 2.20. The third-order valence-electron chi connectivity index (χ3n) is 4.83. The van der Waals surface area contributed by atoms with Crippen LogP contribution >= 0.6 is 0 Å². The van der Waals surface area contributed by atoms with Crippen LogP contribution in [0.2, 0.25) is 0 Å². The molecule has 0 bridgehead atoms. The molecule has 1 unspecified atom stereocenters. The lowest BCUT2D eigenvalue weighted by Gasteiger charge is -2.25. The van der Waals surface area contributed by atoms with Gasteiger partial charge in [-0.2, -0.15) is 0 Å². The number of amides is 1. The van der Waals surface area contributed by atoms with E-state index in [0.29, 0.717) is 5.69 Å². The van der Waals surface area contributed by atoms with Gasteiger partial charge in [-0.3, -0.25) is 4.79 Å². The Hall–Kier alpha value is -2.51. The fourth-order valence-corrected chi connectivity index (χ4v) is 3.27. The predicted octanol–water partition coefficient (Wildman–Crippen LogP) is 2.74. The van der Waals surface area contributed by atoms with Crippen molar-refractivity contribution in [2.45, 2.75) is 58.9 Å². The van der Waals surface area contributed by atoms with Gasteiger partial charge in [0.1, 0.15) is 5.69 Å². The number of nitrogens with zero attached hydrogens (tertiary/aromatic N) is 5. The summed E-state index contributed by atoms with van der Waals surface area (Å²) in [6.07, 6.45) is 8.04. The van der Waals surface area contributed by atoms with Crippen LogP contribution in [0.1, 0.15) is 72.5 Å². The van der Waals surface area contributed by atoms with Crippen molar-refractivity contribution in [1.82, 2.24) is 25.6 Å². The molecule has 2 aromatic rings. The van der Waals surface area contributed by atoms with Crippen LogP contribution in [0.15, 0.2) is 10.8 Å². The summed E-state index contributed by atoms with van der Waals surface area (Å²) in [7, 11) is 0. The van der Waals surface area contributed by atoms with Crippen LogP contribution in [-0.4, -0.2) is 39.3 Å². The minimum Gasteiger partial charge on any atom is -0.344 e. The molecule has 0 radical (unpaired) electrons. The van der Waals surface area contributed by atoms with E-state index in [0.717, 1.165) is 30.3 Å². The average molecular weight is 358 g/mol. The van der Waals surface area contributed by atoms with Crippen LogP contribution in [0, 0.1) is 13.8 Å². The Morgan fingerprint density at radius 1 is 1.12 bits per heavy atom. The molecule has 1 atom stereocenters. The Labute approximate surface area is 153 Å². The van der Waals surface area contributed by atoms with Gasteiger partial charge < -0.3 is 10.2 Å². The molecule has 0 saturated carbocycles. The molecular formula is C18H26N6O2. The fourth-order valence-electron chi connectivity index (χ4n) is 3.27. The molecule has 0 spiro atoms. The maximum atomic E-state index is 12.3. The second-order valence-electron chi connectivity index (χ2n) is 6.86. The minimum atomic E-state index is -0.316. The number of aryl methyl sites for hydroxylation is 2. The molecular weight excluding hydrogens is 332 g/mol. The molecule has 3 rings (SSSR count). The van der Waals surface area contributed by atoms with Gasteiger partial charge >= 0.3 is 0 Å². The van der Waals surface area contributed by atoms with E-state index in [1.165, 1.54) is 32.1 Å². The molecule has 8 heteroatoms. The first-order valence-electron chi connectivity index (χ1n) is 9.24. The fraction of sp³-hybridized carbons (Fsp3) is 0.611. The number of anilines is 1. The lowest BCUT2D eigenvalue weighted by Crippen LogP contribution is -2.30. The Bertz CT molecular complexity index is 752. The summed E-state index contributed by atoms with van der Waals surface area (Å²) in [6.45, 7) is 7.55. The zero-order valence-corrected chi connectivity index (χ0v) is 15.7. The Morgan fingerprint density at radius 3 is 2.42 bits per heavy atom. The lowest BCUT2D eigenvalue weighted by atomic mass is 10.1. The smallest absolute Gasteiger partial charge is 0.275 e. The molecule has 1 aliphatic rings. The second-order valence-corrected chi connectivity index (χ2v) is 6.86. The highest BCUT2D eigenvalue weighted by atomic mass is 16.6. The van der Waals surface area contributed by atoms with Crippen LogP contribution in [0.5, 0.6) is 0 Å². The van der Waals surface area contributed by atoms with Gasteiger partial charge in [-0.1, -0.05) is 24.4 Å². The van der Waals surface area contributed by atoms with E-state index in [4.69, 9.17) is 4.98 Å². The van der Waals surface area contributed by atoms with Gasteiger partial charge in [-0.15, -0.1) is 0 Å². The van der Waals surface area contributed by atoms with Crippen molar-refractivity contribution >= 4 is 11.9 Å². The number of carbonyl (C=O) groups is 1. The molecule has 1 fully saturated rings. The summed E-state index contributed by atoms with van der Waals surface area (Å²) >= 11 is 0. The predicted molar refractivity (Wildman–Crippen MR) is 97.0 cm³/mol. The summed E-state index contributed by atoms with van der Waals surface area (Å²) in [5, 5.41) is 10.2. The number of hydrogen-bond acceptors (Lipinski definition) is 7. The van der Waals surface area contributed by atoms with Crippen molar-refractivity contribution < 1.29 is 9.42 Å². The van der Waals surface area contributed by atoms with E-state index < -0.39 is 0 Å².